The topological polar surface area (TPSA) is 112 Å². The molecule has 3 heterocycles. The van der Waals surface area contributed by atoms with Crippen molar-refractivity contribution in [2.45, 2.75) is 18.7 Å². The van der Waals surface area contributed by atoms with Gasteiger partial charge in [0, 0.05) is 23.9 Å². The number of hydrogen-bond acceptors (Lipinski definition) is 5. The number of benzene rings is 1. The molecule has 0 spiro atoms. The molecule has 0 radical (unpaired) electrons. The van der Waals surface area contributed by atoms with Crippen LogP contribution in [0.4, 0.5) is 0 Å². The Kier molecular flexibility index (Phi) is 3.32. The van der Waals surface area contributed by atoms with Crippen molar-refractivity contribution in [1.29, 1.82) is 0 Å². The average Bonchev–Trinajstić information content (AvgIpc) is 2.94. The molecule has 2 aliphatic heterocycles. The molecule has 2 N–H and O–H groups in total. The van der Waals surface area contributed by atoms with E-state index in [9.17, 15) is 18.0 Å². The number of rotatable bonds is 2. The van der Waals surface area contributed by atoms with Gasteiger partial charge in [-0.15, -0.1) is 0 Å². The third kappa shape index (κ3) is 2.30. The quantitative estimate of drug-likeness (QED) is 0.793. The van der Waals surface area contributed by atoms with E-state index in [2.05, 4.69) is 9.97 Å². The van der Waals surface area contributed by atoms with Gasteiger partial charge >= 0.3 is 5.69 Å². The summed E-state index contributed by atoms with van der Waals surface area (Å²) in [5, 5.41) is 0.140. The summed E-state index contributed by atoms with van der Waals surface area (Å²) in [6, 6.07) is 4.18. The Bertz CT molecular complexity index is 1070. The molecule has 2 atom stereocenters. The third-order valence-corrected chi connectivity index (χ3v) is 7.49. The highest BCUT2D eigenvalue weighted by atomic mass is 32.2. The van der Waals surface area contributed by atoms with E-state index in [4.69, 9.17) is 4.74 Å². The van der Waals surface area contributed by atoms with Crippen LogP contribution in [0.15, 0.2) is 32.7 Å². The van der Waals surface area contributed by atoms with Crippen molar-refractivity contribution >= 4 is 20.9 Å². The van der Waals surface area contributed by atoms with Gasteiger partial charge in [0.1, 0.15) is 0 Å². The molecule has 0 bridgehead atoms. The number of fused-ring (bicyclic) bond motifs is 2. The van der Waals surface area contributed by atoms with Crippen LogP contribution in [0.5, 0.6) is 0 Å². The molecule has 2 fully saturated rings. The lowest BCUT2D eigenvalue weighted by molar-refractivity contribution is 0.145. The molecule has 0 saturated carbocycles. The van der Waals surface area contributed by atoms with Crippen molar-refractivity contribution in [1.82, 2.24) is 14.3 Å². The summed E-state index contributed by atoms with van der Waals surface area (Å²) in [5.41, 5.74) is -1.37. The van der Waals surface area contributed by atoms with Gasteiger partial charge in [0.2, 0.25) is 10.0 Å². The van der Waals surface area contributed by atoms with Gasteiger partial charge in [-0.2, -0.15) is 4.31 Å². The molecule has 4 rings (SSSR count). The van der Waals surface area contributed by atoms with Crippen LogP contribution in [0.3, 0.4) is 0 Å². The maximum absolute atomic E-state index is 13.1. The molecule has 134 valence electrons. The van der Waals surface area contributed by atoms with Crippen LogP contribution in [-0.2, 0) is 14.8 Å². The highest BCUT2D eigenvalue weighted by molar-refractivity contribution is 7.89. The molecule has 0 amide bonds. The molecule has 9 heteroatoms. The Morgan fingerprint density at radius 1 is 1.08 bits per heavy atom. The van der Waals surface area contributed by atoms with Crippen LogP contribution in [0.2, 0.25) is 0 Å². The normalized spacial score (nSPS) is 30.0. The smallest absolute Gasteiger partial charge is 0.326 e. The monoisotopic (exact) mass is 365 g/mol. The summed E-state index contributed by atoms with van der Waals surface area (Å²) in [6.07, 6.45) is 0. The highest BCUT2D eigenvalue weighted by Gasteiger charge is 2.58. The van der Waals surface area contributed by atoms with Crippen molar-refractivity contribution in [3.8, 4) is 0 Å². The van der Waals surface area contributed by atoms with Crippen molar-refractivity contribution < 1.29 is 13.2 Å². The first-order valence-electron chi connectivity index (χ1n) is 7.99. The van der Waals surface area contributed by atoms with Crippen molar-refractivity contribution in [2.75, 3.05) is 26.3 Å². The Hall–Kier alpha value is -1.97. The first kappa shape index (κ1) is 16.5. The molecule has 1 aromatic heterocycles. The Balaban J connectivity index is 1.78. The van der Waals surface area contributed by atoms with E-state index >= 15 is 0 Å². The van der Waals surface area contributed by atoms with Gasteiger partial charge in [-0.05, 0) is 18.2 Å². The van der Waals surface area contributed by atoms with Gasteiger partial charge < -0.3 is 9.72 Å². The van der Waals surface area contributed by atoms with E-state index in [0.29, 0.717) is 31.8 Å². The molecule has 2 saturated heterocycles. The summed E-state index contributed by atoms with van der Waals surface area (Å²) in [6.45, 7) is 5.93. The number of aromatic nitrogens is 2. The summed E-state index contributed by atoms with van der Waals surface area (Å²) in [4.78, 5) is 27.9. The average molecular weight is 365 g/mol. The second kappa shape index (κ2) is 5.03. The molecule has 1 aromatic carbocycles. The van der Waals surface area contributed by atoms with E-state index in [-0.39, 0.29) is 21.1 Å². The van der Waals surface area contributed by atoms with Gasteiger partial charge in [-0.25, -0.2) is 13.2 Å². The Morgan fingerprint density at radius 3 is 2.36 bits per heavy atom. The van der Waals surface area contributed by atoms with Gasteiger partial charge in [-0.1, -0.05) is 13.8 Å². The maximum Gasteiger partial charge on any atom is 0.326 e. The first-order valence-corrected chi connectivity index (χ1v) is 9.43. The van der Waals surface area contributed by atoms with Crippen LogP contribution in [0.1, 0.15) is 13.8 Å². The Morgan fingerprint density at radius 2 is 1.72 bits per heavy atom. The number of hydrogen-bond donors (Lipinski definition) is 2. The largest absolute Gasteiger partial charge is 0.380 e. The lowest BCUT2D eigenvalue weighted by Crippen LogP contribution is -2.34. The summed E-state index contributed by atoms with van der Waals surface area (Å²) >= 11 is 0. The van der Waals surface area contributed by atoms with E-state index in [1.165, 1.54) is 22.5 Å². The zero-order valence-corrected chi connectivity index (χ0v) is 14.8. The number of aromatic amines is 2. The fraction of sp³-hybridized carbons (Fsp3) is 0.500. The molecule has 25 heavy (non-hydrogen) atoms. The second-order valence-corrected chi connectivity index (χ2v) is 9.44. The third-order valence-electron chi connectivity index (χ3n) is 5.70. The number of nitrogens with zero attached hydrogens (tertiary/aromatic N) is 1. The van der Waals surface area contributed by atoms with Crippen LogP contribution >= 0.6 is 0 Å². The van der Waals surface area contributed by atoms with E-state index in [1.54, 1.807) is 0 Å². The van der Waals surface area contributed by atoms with Crippen molar-refractivity contribution in [2.24, 2.45) is 10.8 Å². The van der Waals surface area contributed by atoms with Crippen molar-refractivity contribution in [3.05, 3.63) is 39.0 Å². The number of ether oxygens (including phenoxy) is 1. The molecule has 2 aliphatic rings. The van der Waals surface area contributed by atoms with Crippen LogP contribution in [0.25, 0.3) is 10.9 Å². The van der Waals surface area contributed by atoms with Gasteiger partial charge in [0.15, 0.2) is 0 Å². The molecular formula is C16H19N3O5S. The maximum atomic E-state index is 13.1. The van der Waals surface area contributed by atoms with Gasteiger partial charge in [-0.3, -0.25) is 9.78 Å². The predicted molar refractivity (Wildman–Crippen MR) is 91.0 cm³/mol. The minimum Gasteiger partial charge on any atom is -0.380 e. The number of sulfonamides is 1. The molecular weight excluding hydrogens is 346 g/mol. The first-order chi connectivity index (χ1) is 11.6. The van der Waals surface area contributed by atoms with Crippen molar-refractivity contribution in [3.63, 3.8) is 0 Å². The second-order valence-electron chi connectivity index (χ2n) is 7.50. The number of nitrogens with one attached hydrogen (secondary N) is 2. The molecule has 0 aliphatic carbocycles. The summed E-state index contributed by atoms with van der Waals surface area (Å²) in [5.74, 6) is 0. The fourth-order valence-electron chi connectivity index (χ4n) is 3.78. The zero-order valence-electron chi connectivity index (χ0n) is 14.0. The minimum atomic E-state index is -3.74. The predicted octanol–water partition coefficient (Wildman–Crippen LogP) is 0.263. The van der Waals surface area contributed by atoms with Crippen LogP contribution in [-0.4, -0.2) is 49.0 Å². The standard InChI is InChI=1S/C16H19N3O5S/c1-15-6-19(7-16(15,2)9-24-8-15)25(22,23)10-3-4-12-11(5-10)13(20)18-14(21)17-12/h3-5H,6-9H2,1-2H3,(H2,17,18,20,21)/t15-,16+. The van der Waals surface area contributed by atoms with E-state index in [0.717, 1.165) is 0 Å². The summed E-state index contributed by atoms with van der Waals surface area (Å²) in [7, 11) is -3.74. The van der Waals surface area contributed by atoms with Gasteiger partial charge in [0.25, 0.3) is 5.56 Å². The zero-order chi connectivity index (χ0) is 18.0. The van der Waals surface area contributed by atoms with Crippen LogP contribution in [0, 0.1) is 10.8 Å². The SMILES string of the molecule is C[C@@]12COC[C@]1(C)CN(S(=O)(=O)c1ccc3[nH]c(=O)[nH]c(=O)c3c1)C2. The van der Waals surface area contributed by atoms with E-state index in [1.807, 2.05) is 13.8 Å². The lowest BCUT2D eigenvalue weighted by atomic mass is 9.71. The molecule has 8 nitrogen and oxygen atoms in total. The lowest BCUT2D eigenvalue weighted by Gasteiger charge is -2.29. The summed E-state index contributed by atoms with van der Waals surface area (Å²) < 4.78 is 33.2. The number of H-pyrrole nitrogens is 2. The van der Waals surface area contributed by atoms with Gasteiger partial charge in [0.05, 0.1) is 29.0 Å². The molecule has 2 aromatic rings. The Labute approximate surface area is 143 Å². The fourth-order valence-corrected chi connectivity index (χ4v) is 5.50. The van der Waals surface area contributed by atoms with Crippen LogP contribution < -0.4 is 11.2 Å². The van der Waals surface area contributed by atoms with E-state index < -0.39 is 21.3 Å². The highest BCUT2D eigenvalue weighted by Crippen LogP contribution is 2.51. The minimum absolute atomic E-state index is 0.0469. The molecule has 0 unspecified atom stereocenters.